The molecule has 0 saturated carbocycles. The highest BCUT2D eigenvalue weighted by Crippen LogP contribution is 2.22. The van der Waals surface area contributed by atoms with Crippen LogP contribution in [0.4, 0.5) is 0 Å². The second-order valence-electron chi connectivity index (χ2n) is 4.17. The van der Waals surface area contributed by atoms with Crippen LogP contribution in [0.25, 0.3) is 0 Å². The lowest BCUT2D eigenvalue weighted by Gasteiger charge is -2.44. The van der Waals surface area contributed by atoms with Crippen LogP contribution in [0.2, 0.25) is 0 Å². The molecule has 1 saturated heterocycles. The summed E-state index contributed by atoms with van der Waals surface area (Å²) in [4.78, 5) is 13.5. The van der Waals surface area contributed by atoms with Crippen molar-refractivity contribution in [2.24, 2.45) is 0 Å². The molecule has 0 radical (unpaired) electrons. The third-order valence-corrected chi connectivity index (χ3v) is 2.97. The van der Waals surface area contributed by atoms with E-state index in [0.29, 0.717) is 18.7 Å². The van der Waals surface area contributed by atoms with Crippen LogP contribution in [0.1, 0.15) is 17.3 Å². The van der Waals surface area contributed by atoms with Crippen molar-refractivity contribution in [1.82, 2.24) is 4.90 Å². The van der Waals surface area contributed by atoms with Gasteiger partial charge < -0.3 is 10.0 Å². The summed E-state index contributed by atoms with van der Waals surface area (Å²) in [7, 11) is 0. The van der Waals surface area contributed by atoms with Crippen molar-refractivity contribution in [3.8, 4) is 0 Å². The van der Waals surface area contributed by atoms with E-state index in [1.165, 1.54) is 0 Å². The van der Waals surface area contributed by atoms with Gasteiger partial charge in [0.1, 0.15) is 0 Å². The van der Waals surface area contributed by atoms with Crippen LogP contribution in [0.3, 0.4) is 0 Å². The van der Waals surface area contributed by atoms with Crippen LogP contribution >= 0.6 is 15.9 Å². The topological polar surface area (TPSA) is 40.5 Å². The second kappa shape index (κ2) is 3.61. The molecule has 0 unspecified atom stereocenters. The van der Waals surface area contributed by atoms with E-state index in [-0.39, 0.29) is 5.91 Å². The molecule has 0 aromatic heterocycles. The zero-order valence-corrected chi connectivity index (χ0v) is 9.99. The average molecular weight is 270 g/mol. The van der Waals surface area contributed by atoms with Gasteiger partial charge in [-0.15, -0.1) is 0 Å². The molecule has 2 rings (SSSR count). The molecule has 1 N–H and O–H groups in total. The lowest BCUT2D eigenvalue weighted by atomic mass is 9.96. The molecule has 0 spiro atoms. The number of likely N-dealkylation sites (tertiary alicyclic amines) is 1. The maximum absolute atomic E-state index is 11.8. The first-order chi connectivity index (χ1) is 6.98. The number of hydrogen-bond donors (Lipinski definition) is 1. The number of amides is 1. The lowest BCUT2D eigenvalue weighted by molar-refractivity contribution is -0.0668. The number of halogens is 1. The van der Waals surface area contributed by atoms with E-state index in [0.717, 1.165) is 4.47 Å². The van der Waals surface area contributed by atoms with Crippen molar-refractivity contribution < 1.29 is 9.90 Å². The smallest absolute Gasteiger partial charge is 0.254 e. The first kappa shape index (κ1) is 10.6. The third-order valence-electron chi connectivity index (χ3n) is 2.44. The summed E-state index contributed by atoms with van der Waals surface area (Å²) < 4.78 is 0.953. The maximum atomic E-state index is 11.8. The van der Waals surface area contributed by atoms with E-state index in [1.807, 2.05) is 12.1 Å². The molecule has 4 heteroatoms. The Morgan fingerprint density at radius 3 is 2.40 bits per heavy atom. The van der Waals surface area contributed by atoms with Gasteiger partial charge in [0, 0.05) is 10.0 Å². The highest BCUT2D eigenvalue weighted by Gasteiger charge is 2.39. The molecule has 0 atom stereocenters. The summed E-state index contributed by atoms with van der Waals surface area (Å²) in [6.07, 6.45) is 0. The minimum absolute atomic E-state index is 0.0194. The minimum atomic E-state index is -0.703. The fourth-order valence-electron chi connectivity index (χ4n) is 1.69. The predicted octanol–water partition coefficient (Wildman–Crippen LogP) is 1.66. The van der Waals surface area contributed by atoms with Crippen molar-refractivity contribution in [2.45, 2.75) is 12.5 Å². The van der Waals surface area contributed by atoms with Gasteiger partial charge in [-0.1, -0.05) is 15.9 Å². The summed E-state index contributed by atoms with van der Waals surface area (Å²) in [5, 5.41) is 9.52. The summed E-state index contributed by atoms with van der Waals surface area (Å²) >= 11 is 3.32. The molecule has 1 aromatic carbocycles. The van der Waals surface area contributed by atoms with Crippen LogP contribution in [0.15, 0.2) is 28.7 Å². The van der Waals surface area contributed by atoms with Crippen molar-refractivity contribution in [1.29, 1.82) is 0 Å². The minimum Gasteiger partial charge on any atom is -0.386 e. The van der Waals surface area contributed by atoms with Crippen LogP contribution in [-0.2, 0) is 0 Å². The summed E-state index contributed by atoms with van der Waals surface area (Å²) in [5.41, 5.74) is -0.0425. The second-order valence-corrected chi connectivity index (χ2v) is 5.08. The molecule has 0 aliphatic carbocycles. The zero-order chi connectivity index (χ0) is 11.1. The lowest BCUT2D eigenvalue weighted by Crippen LogP contribution is -2.61. The Morgan fingerprint density at radius 2 is 1.93 bits per heavy atom. The number of nitrogens with zero attached hydrogens (tertiary/aromatic N) is 1. The molecule has 3 nitrogen and oxygen atoms in total. The Morgan fingerprint density at radius 1 is 1.40 bits per heavy atom. The SMILES string of the molecule is CC1(O)CN(C(=O)c2ccc(Br)cc2)C1. The van der Waals surface area contributed by atoms with Gasteiger partial charge in [0.05, 0.1) is 18.7 Å². The van der Waals surface area contributed by atoms with Crippen LogP contribution in [0, 0.1) is 0 Å². The number of aliphatic hydroxyl groups is 1. The molecule has 1 aliphatic rings. The zero-order valence-electron chi connectivity index (χ0n) is 8.40. The van der Waals surface area contributed by atoms with Crippen LogP contribution in [0.5, 0.6) is 0 Å². The molecule has 1 fully saturated rings. The maximum Gasteiger partial charge on any atom is 0.254 e. The molecule has 1 aliphatic heterocycles. The van der Waals surface area contributed by atoms with Crippen molar-refractivity contribution >= 4 is 21.8 Å². The largest absolute Gasteiger partial charge is 0.386 e. The van der Waals surface area contributed by atoms with E-state index in [9.17, 15) is 9.90 Å². The van der Waals surface area contributed by atoms with Gasteiger partial charge in [0.15, 0.2) is 0 Å². The first-order valence-corrected chi connectivity index (χ1v) is 5.54. The fraction of sp³-hybridized carbons (Fsp3) is 0.364. The molecular weight excluding hydrogens is 258 g/mol. The molecular formula is C11H12BrNO2. The van der Waals surface area contributed by atoms with E-state index in [4.69, 9.17) is 0 Å². The molecule has 80 valence electrons. The van der Waals surface area contributed by atoms with Crippen molar-refractivity contribution in [3.63, 3.8) is 0 Å². The highest BCUT2D eigenvalue weighted by molar-refractivity contribution is 9.10. The number of carbonyl (C=O) groups excluding carboxylic acids is 1. The normalized spacial score (nSPS) is 18.5. The Labute approximate surface area is 96.8 Å². The number of hydrogen-bond acceptors (Lipinski definition) is 2. The number of β-amino-alcohol motifs (C(OH)–C–C–N with tert-alkyl or cyclic N) is 1. The Kier molecular flexibility index (Phi) is 2.56. The predicted molar refractivity (Wildman–Crippen MR) is 60.7 cm³/mol. The number of carbonyl (C=O) groups is 1. The fourth-order valence-corrected chi connectivity index (χ4v) is 1.96. The molecule has 15 heavy (non-hydrogen) atoms. The van der Waals surface area contributed by atoms with Gasteiger partial charge in [-0.3, -0.25) is 4.79 Å². The average Bonchev–Trinajstić information content (AvgIpc) is 2.14. The Bertz CT molecular complexity index is 378. The van der Waals surface area contributed by atoms with Crippen molar-refractivity contribution in [3.05, 3.63) is 34.3 Å². The third kappa shape index (κ3) is 2.21. The van der Waals surface area contributed by atoms with Gasteiger partial charge in [0.2, 0.25) is 0 Å². The summed E-state index contributed by atoms with van der Waals surface area (Å²) in [6, 6.07) is 7.23. The monoisotopic (exact) mass is 269 g/mol. The first-order valence-electron chi connectivity index (χ1n) is 4.75. The number of benzene rings is 1. The molecule has 1 aromatic rings. The van der Waals surface area contributed by atoms with Crippen LogP contribution in [-0.4, -0.2) is 34.6 Å². The summed E-state index contributed by atoms with van der Waals surface area (Å²) in [5.74, 6) is -0.0194. The van der Waals surface area contributed by atoms with E-state index in [1.54, 1.807) is 24.0 Å². The van der Waals surface area contributed by atoms with E-state index >= 15 is 0 Å². The van der Waals surface area contributed by atoms with Gasteiger partial charge in [0.25, 0.3) is 5.91 Å². The molecule has 1 amide bonds. The standard InChI is InChI=1S/C11H12BrNO2/c1-11(15)6-13(7-11)10(14)8-2-4-9(12)5-3-8/h2-5,15H,6-7H2,1H3. The van der Waals surface area contributed by atoms with Crippen molar-refractivity contribution in [2.75, 3.05) is 13.1 Å². The van der Waals surface area contributed by atoms with Gasteiger partial charge in [-0.2, -0.15) is 0 Å². The van der Waals surface area contributed by atoms with E-state index < -0.39 is 5.60 Å². The Balaban J connectivity index is 2.07. The van der Waals surface area contributed by atoms with Gasteiger partial charge >= 0.3 is 0 Å². The summed E-state index contributed by atoms with van der Waals surface area (Å²) in [6.45, 7) is 2.57. The van der Waals surface area contributed by atoms with Crippen LogP contribution < -0.4 is 0 Å². The Hall–Kier alpha value is -0.870. The molecule has 1 heterocycles. The van der Waals surface area contributed by atoms with Gasteiger partial charge in [-0.25, -0.2) is 0 Å². The number of rotatable bonds is 1. The van der Waals surface area contributed by atoms with E-state index in [2.05, 4.69) is 15.9 Å². The highest BCUT2D eigenvalue weighted by atomic mass is 79.9. The molecule has 0 bridgehead atoms. The quantitative estimate of drug-likeness (QED) is 0.843. The van der Waals surface area contributed by atoms with Gasteiger partial charge in [-0.05, 0) is 31.2 Å².